The van der Waals surface area contributed by atoms with Crippen molar-refractivity contribution in [2.75, 3.05) is 0 Å². The summed E-state index contributed by atoms with van der Waals surface area (Å²) in [6.45, 7) is 15.2. The molecule has 0 radical (unpaired) electrons. The van der Waals surface area contributed by atoms with Crippen LogP contribution in [-0.2, 0) is 0 Å². The summed E-state index contributed by atoms with van der Waals surface area (Å²) in [6.07, 6.45) is -0.388. The molecule has 1 atom stereocenters. The summed E-state index contributed by atoms with van der Waals surface area (Å²) < 4.78 is 0. The van der Waals surface area contributed by atoms with Gasteiger partial charge >= 0.3 is 0 Å². The van der Waals surface area contributed by atoms with Gasteiger partial charge in [-0.15, -0.1) is 0 Å². The molecule has 1 nitrogen and oxygen atoms in total. The average Bonchev–Trinajstić information content (AvgIpc) is 2.26. The van der Waals surface area contributed by atoms with Crippen LogP contribution in [0.4, 0.5) is 0 Å². The van der Waals surface area contributed by atoms with Crippen LogP contribution < -0.4 is 0 Å². The lowest BCUT2D eigenvalue weighted by Gasteiger charge is -2.23. The van der Waals surface area contributed by atoms with Gasteiger partial charge in [0.1, 0.15) is 0 Å². The third-order valence-corrected chi connectivity index (χ3v) is 3.60. The van der Waals surface area contributed by atoms with E-state index in [-0.39, 0.29) is 6.10 Å². The highest BCUT2D eigenvalue weighted by Gasteiger charge is 2.18. The molecule has 1 aromatic rings. The fourth-order valence-corrected chi connectivity index (χ4v) is 2.53. The number of aliphatic hydroxyl groups is 1. The Bertz CT molecular complexity index is 326. The Kier molecular flexibility index (Phi) is 4.98. The van der Waals surface area contributed by atoms with E-state index in [1.54, 1.807) is 0 Å². The maximum absolute atomic E-state index is 9.99. The van der Waals surface area contributed by atoms with Gasteiger partial charge in [0.15, 0.2) is 0 Å². The Balaban J connectivity index is 3.50. The van der Waals surface area contributed by atoms with Crippen molar-refractivity contribution < 1.29 is 5.11 Å². The van der Waals surface area contributed by atoms with Crippen LogP contribution in [0, 0.1) is 0 Å². The average molecular weight is 248 g/mol. The van der Waals surface area contributed by atoms with E-state index < -0.39 is 0 Å². The van der Waals surface area contributed by atoms with Crippen LogP contribution in [0.15, 0.2) is 12.1 Å². The zero-order valence-electron chi connectivity index (χ0n) is 12.9. The van der Waals surface area contributed by atoms with Crippen LogP contribution in [0.1, 0.15) is 94.6 Å². The van der Waals surface area contributed by atoms with Gasteiger partial charge in [-0.3, -0.25) is 0 Å². The molecule has 0 aliphatic carbocycles. The molecule has 0 aromatic heterocycles. The van der Waals surface area contributed by atoms with Crippen LogP contribution in [0.5, 0.6) is 0 Å². The van der Waals surface area contributed by atoms with Crippen LogP contribution in [-0.4, -0.2) is 5.11 Å². The molecule has 18 heavy (non-hydrogen) atoms. The second-order valence-electron chi connectivity index (χ2n) is 6.25. The van der Waals surface area contributed by atoms with Crippen molar-refractivity contribution in [1.29, 1.82) is 0 Å². The van der Waals surface area contributed by atoms with Gasteiger partial charge in [0.25, 0.3) is 0 Å². The normalized spacial score (nSPS) is 13.7. The molecule has 1 rings (SSSR count). The molecule has 0 fully saturated rings. The molecule has 0 aliphatic heterocycles. The van der Waals surface area contributed by atoms with Gasteiger partial charge in [-0.05, 0) is 46.9 Å². The third kappa shape index (κ3) is 3.14. The molecule has 1 heteroatoms. The van der Waals surface area contributed by atoms with Gasteiger partial charge in [-0.25, -0.2) is 0 Å². The molecule has 0 saturated carbocycles. The van der Waals surface area contributed by atoms with Gasteiger partial charge in [0.2, 0.25) is 0 Å². The van der Waals surface area contributed by atoms with Crippen LogP contribution in [0.3, 0.4) is 0 Å². The molecule has 1 aromatic carbocycles. The molecular formula is C17H28O. The van der Waals surface area contributed by atoms with Gasteiger partial charge in [0, 0.05) is 0 Å². The highest BCUT2D eigenvalue weighted by atomic mass is 16.3. The molecule has 0 saturated heterocycles. The van der Waals surface area contributed by atoms with Crippen molar-refractivity contribution >= 4 is 0 Å². The molecule has 0 spiro atoms. The number of rotatable bonds is 4. The summed E-state index contributed by atoms with van der Waals surface area (Å²) in [6, 6.07) is 4.53. The topological polar surface area (TPSA) is 20.2 Å². The number of benzene rings is 1. The minimum atomic E-state index is -0.388. The summed E-state index contributed by atoms with van der Waals surface area (Å²) in [4.78, 5) is 0. The highest BCUT2D eigenvalue weighted by Crippen LogP contribution is 2.34. The first-order valence-electron chi connectivity index (χ1n) is 7.11. The van der Waals surface area contributed by atoms with E-state index in [0.29, 0.717) is 17.8 Å². The smallest absolute Gasteiger partial charge is 0.0764 e. The second-order valence-corrected chi connectivity index (χ2v) is 6.25. The largest absolute Gasteiger partial charge is 0.389 e. The zero-order chi connectivity index (χ0) is 14.0. The molecule has 0 amide bonds. The third-order valence-electron chi connectivity index (χ3n) is 3.60. The Morgan fingerprint density at radius 2 is 0.889 bits per heavy atom. The highest BCUT2D eigenvalue weighted by molar-refractivity contribution is 5.43. The van der Waals surface area contributed by atoms with E-state index >= 15 is 0 Å². The minimum Gasteiger partial charge on any atom is -0.389 e. The second kappa shape index (κ2) is 5.88. The van der Waals surface area contributed by atoms with Crippen molar-refractivity contribution in [3.8, 4) is 0 Å². The van der Waals surface area contributed by atoms with E-state index in [0.717, 1.165) is 5.56 Å². The van der Waals surface area contributed by atoms with Gasteiger partial charge < -0.3 is 5.11 Å². The predicted molar refractivity (Wildman–Crippen MR) is 79.3 cm³/mol. The summed E-state index contributed by atoms with van der Waals surface area (Å²) in [5.41, 5.74) is 5.19. The first-order valence-corrected chi connectivity index (χ1v) is 7.11. The summed E-state index contributed by atoms with van der Waals surface area (Å²) in [5.74, 6) is 1.48. The number of hydrogen-bond donors (Lipinski definition) is 1. The summed E-state index contributed by atoms with van der Waals surface area (Å²) in [5, 5.41) is 9.99. The van der Waals surface area contributed by atoms with E-state index in [1.165, 1.54) is 16.7 Å². The Hall–Kier alpha value is -0.820. The fourth-order valence-electron chi connectivity index (χ4n) is 2.53. The van der Waals surface area contributed by atoms with E-state index in [9.17, 15) is 5.11 Å². The lowest BCUT2D eigenvalue weighted by Crippen LogP contribution is -2.07. The van der Waals surface area contributed by atoms with Crippen molar-refractivity contribution in [2.45, 2.75) is 72.3 Å². The van der Waals surface area contributed by atoms with Crippen LogP contribution >= 0.6 is 0 Å². The zero-order valence-corrected chi connectivity index (χ0v) is 12.9. The molecule has 0 aliphatic rings. The Morgan fingerprint density at radius 3 is 1.17 bits per heavy atom. The standard InChI is InChI=1S/C17H28O/c1-10(2)14-8-16(12(5)6)17(13(7)18)9-15(14)11(3)4/h8-13,18H,1-7H3. The molecule has 102 valence electrons. The SMILES string of the molecule is CC(C)c1cc(C(C)C)c(C(C)O)cc1C(C)C. The minimum absolute atomic E-state index is 0.388. The van der Waals surface area contributed by atoms with E-state index in [4.69, 9.17) is 0 Å². The van der Waals surface area contributed by atoms with Crippen molar-refractivity contribution in [1.82, 2.24) is 0 Å². The molecule has 0 heterocycles. The lowest BCUT2D eigenvalue weighted by atomic mass is 9.83. The quantitative estimate of drug-likeness (QED) is 0.785. The predicted octanol–water partition coefficient (Wildman–Crippen LogP) is 5.11. The van der Waals surface area contributed by atoms with Gasteiger partial charge in [0.05, 0.1) is 6.10 Å². The van der Waals surface area contributed by atoms with Crippen LogP contribution in [0.25, 0.3) is 0 Å². The monoisotopic (exact) mass is 248 g/mol. The fraction of sp³-hybridized carbons (Fsp3) is 0.647. The number of aliphatic hydroxyl groups excluding tert-OH is 1. The lowest BCUT2D eigenvalue weighted by molar-refractivity contribution is 0.197. The van der Waals surface area contributed by atoms with Crippen LogP contribution in [0.2, 0.25) is 0 Å². The van der Waals surface area contributed by atoms with Gasteiger partial charge in [-0.2, -0.15) is 0 Å². The maximum atomic E-state index is 9.99. The summed E-state index contributed by atoms with van der Waals surface area (Å²) >= 11 is 0. The summed E-state index contributed by atoms with van der Waals surface area (Å²) in [7, 11) is 0. The van der Waals surface area contributed by atoms with Crippen molar-refractivity contribution in [3.63, 3.8) is 0 Å². The molecule has 0 bridgehead atoms. The van der Waals surface area contributed by atoms with E-state index in [1.807, 2.05) is 6.92 Å². The molecule has 1 unspecified atom stereocenters. The molecule has 1 N–H and O–H groups in total. The first-order chi connectivity index (χ1) is 8.25. The molecular weight excluding hydrogens is 220 g/mol. The van der Waals surface area contributed by atoms with Crippen molar-refractivity contribution in [3.05, 3.63) is 34.4 Å². The van der Waals surface area contributed by atoms with Crippen molar-refractivity contribution in [2.24, 2.45) is 0 Å². The van der Waals surface area contributed by atoms with E-state index in [2.05, 4.69) is 53.7 Å². The maximum Gasteiger partial charge on any atom is 0.0764 e. The Morgan fingerprint density at radius 1 is 0.611 bits per heavy atom. The van der Waals surface area contributed by atoms with Gasteiger partial charge in [-0.1, -0.05) is 53.7 Å². The first kappa shape index (κ1) is 15.2. The Labute approximate surface area is 112 Å². The number of hydrogen-bond acceptors (Lipinski definition) is 1.